The molecule has 0 N–H and O–H groups in total. The highest BCUT2D eigenvalue weighted by Gasteiger charge is 2.29. The van der Waals surface area contributed by atoms with Crippen LogP contribution in [-0.4, -0.2) is 43.0 Å². The van der Waals surface area contributed by atoms with Gasteiger partial charge in [-0.25, -0.2) is 0 Å². The van der Waals surface area contributed by atoms with Crippen LogP contribution in [0.5, 0.6) is 0 Å². The molecule has 0 saturated carbocycles. The number of carbonyl (C=O) groups excluding carboxylic acids is 1. The SMILES string of the molecule is CCOCCCN1CCC(=O)C(C)C1C. The molecule has 88 valence electrons. The van der Waals surface area contributed by atoms with E-state index in [-0.39, 0.29) is 5.92 Å². The van der Waals surface area contributed by atoms with Gasteiger partial charge in [-0.15, -0.1) is 0 Å². The lowest BCUT2D eigenvalue weighted by Gasteiger charge is -2.36. The van der Waals surface area contributed by atoms with Crippen molar-refractivity contribution >= 4 is 5.78 Å². The molecule has 0 spiro atoms. The Balaban J connectivity index is 2.26. The average Bonchev–Trinajstić information content (AvgIpc) is 2.24. The molecule has 0 aromatic rings. The Kier molecular flexibility index (Phi) is 5.26. The van der Waals surface area contributed by atoms with E-state index >= 15 is 0 Å². The van der Waals surface area contributed by atoms with Crippen molar-refractivity contribution in [2.75, 3.05) is 26.3 Å². The summed E-state index contributed by atoms with van der Waals surface area (Å²) in [6.45, 7) is 9.83. The lowest BCUT2D eigenvalue weighted by Crippen LogP contribution is -2.47. The molecule has 0 aromatic heterocycles. The first kappa shape index (κ1) is 12.7. The van der Waals surface area contributed by atoms with Gasteiger partial charge in [-0.2, -0.15) is 0 Å². The van der Waals surface area contributed by atoms with E-state index in [1.807, 2.05) is 13.8 Å². The molecule has 2 unspecified atom stereocenters. The Hall–Kier alpha value is -0.410. The fourth-order valence-corrected chi connectivity index (χ4v) is 2.10. The van der Waals surface area contributed by atoms with Gasteiger partial charge >= 0.3 is 0 Å². The van der Waals surface area contributed by atoms with Gasteiger partial charge in [0.1, 0.15) is 5.78 Å². The summed E-state index contributed by atoms with van der Waals surface area (Å²) in [6.07, 6.45) is 1.79. The van der Waals surface area contributed by atoms with Crippen molar-refractivity contribution in [1.29, 1.82) is 0 Å². The van der Waals surface area contributed by atoms with Gasteiger partial charge in [-0.05, 0) is 20.3 Å². The third-order valence-electron chi connectivity index (χ3n) is 3.39. The van der Waals surface area contributed by atoms with Crippen molar-refractivity contribution in [3.8, 4) is 0 Å². The molecule has 0 radical (unpaired) electrons. The number of piperidine rings is 1. The molecule has 1 fully saturated rings. The average molecular weight is 213 g/mol. The summed E-state index contributed by atoms with van der Waals surface area (Å²) in [4.78, 5) is 13.9. The van der Waals surface area contributed by atoms with Crippen LogP contribution >= 0.6 is 0 Å². The zero-order chi connectivity index (χ0) is 11.3. The summed E-state index contributed by atoms with van der Waals surface area (Å²) in [5.41, 5.74) is 0. The number of carbonyl (C=O) groups is 1. The highest BCUT2D eigenvalue weighted by Crippen LogP contribution is 2.19. The summed E-state index contributed by atoms with van der Waals surface area (Å²) < 4.78 is 5.31. The van der Waals surface area contributed by atoms with E-state index in [0.717, 1.165) is 39.1 Å². The maximum absolute atomic E-state index is 11.5. The van der Waals surface area contributed by atoms with E-state index in [1.165, 1.54) is 0 Å². The molecule has 0 amide bonds. The predicted octanol–water partition coefficient (Wildman–Crippen LogP) is 1.71. The lowest BCUT2D eigenvalue weighted by molar-refractivity contribution is -0.127. The maximum Gasteiger partial charge on any atom is 0.138 e. The van der Waals surface area contributed by atoms with Crippen LogP contribution in [0, 0.1) is 5.92 Å². The van der Waals surface area contributed by atoms with Crippen LogP contribution in [0.15, 0.2) is 0 Å². The number of hydrogen-bond donors (Lipinski definition) is 0. The molecule has 2 atom stereocenters. The van der Waals surface area contributed by atoms with Gasteiger partial charge in [0.15, 0.2) is 0 Å². The van der Waals surface area contributed by atoms with Crippen LogP contribution in [0.4, 0.5) is 0 Å². The Morgan fingerprint density at radius 3 is 2.87 bits per heavy atom. The molecule has 1 rings (SSSR count). The number of ketones is 1. The third kappa shape index (κ3) is 3.58. The van der Waals surface area contributed by atoms with E-state index in [2.05, 4.69) is 11.8 Å². The van der Waals surface area contributed by atoms with Crippen LogP contribution < -0.4 is 0 Å². The van der Waals surface area contributed by atoms with E-state index in [0.29, 0.717) is 11.8 Å². The summed E-state index contributed by atoms with van der Waals surface area (Å²) in [6, 6.07) is 0.396. The summed E-state index contributed by atoms with van der Waals surface area (Å²) >= 11 is 0. The zero-order valence-corrected chi connectivity index (χ0v) is 10.2. The number of nitrogens with zero attached hydrogens (tertiary/aromatic N) is 1. The second kappa shape index (κ2) is 6.23. The number of hydrogen-bond acceptors (Lipinski definition) is 3. The number of Topliss-reactive ketones (excluding diaryl/α,β-unsaturated/α-hetero) is 1. The van der Waals surface area contributed by atoms with E-state index < -0.39 is 0 Å². The number of ether oxygens (including phenoxy) is 1. The van der Waals surface area contributed by atoms with Crippen molar-refractivity contribution in [3.63, 3.8) is 0 Å². The maximum atomic E-state index is 11.5. The van der Waals surface area contributed by atoms with E-state index in [4.69, 9.17) is 4.74 Å². The normalized spacial score (nSPS) is 28.3. The molecular formula is C12H23NO2. The number of rotatable bonds is 5. The van der Waals surface area contributed by atoms with Gasteiger partial charge in [0.2, 0.25) is 0 Å². The Morgan fingerprint density at radius 2 is 2.20 bits per heavy atom. The van der Waals surface area contributed by atoms with Gasteiger partial charge in [0, 0.05) is 44.7 Å². The first-order chi connectivity index (χ1) is 7.16. The van der Waals surface area contributed by atoms with Crippen LogP contribution in [-0.2, 0) is 9.53 Å². The Bertz CT molecular complexity index is 206. The Morgan fingerprint density at radius 1 is 1.47 bits per heavy atom. The quantitative estimate of drug-likeness (QED) is 0.651. The van der Waals surface area contributed by atoms with Crippen molar-refractivity contribution in [2.45, 2.75) is 39.7 Å². The molecular weight excluding hydrogens is 190 g/mol. The summed E-state index contributed by atoms with van der Waals surface area (Å²) in [7, 11) is 0. The van der Waals surface area contributed by atoms with Gasteiger partial charge < -0.3 is 4.74 Å². The molecule has 3 heteroatoms. The van der Waals surface area contributed by atoms with Crippen molar-refractivity contribution in [3.05, 3.63) is 0 Å². The van der Waals surface area contributed by atoms with E-state index in [1.54, 1.807) is 0 Å². The molecule has 1 aliphatic rings. The molecule has 0 aliphatic carbocycles. The molecule has 3 nitrogen and oxygen atoms in total. The first-order valence-corrected chi connectivity index (χ1v) is 6.01. The van der Waals surface area contributed by atoms with Crippen molar-refractivity contribution in [1.82, 2.24) is 4.90 Å². The predicted molar refractivity (Wildman–Crippen MR) is 60.9 cm³/mol. The van der Waals surface area contributed by atoms with Crippen molar-refractivity contribution in [2.24, 2.45) is 5.92 Å². The molecule has 1 aliphatic heterocycles. The second-order valence-corrected chi connectivity index (χ2v) is 4.33. The van der Waals surface area contributed by atoms with Gasteiger partial charge in [0.05, 0.1) is 0 Å². The smallest absolute Gasteiger partial charge is 0.138 e. The van der Waals surface area contributed by atoms with Gasteiger partial charge in [0.25, 0.3) is 0 Å². The fourth-order valence-electron chi connectivity index (χ4n) is 2.10. The van der Waals surface area contributed by atoms with Crippen LogP contribution in [0.1, 0.15) is 33.6 Å². The zero-order valence-electron chi connectivity index (χ0n) is 10.2. The molecule has 0 bridgehead atoms. The van der Waals surface area contributed by atoms with Crippen LogP contribution in [0.2, 0.25) is 0 Å². The van der Waals surface area contributed by atoms with E-state index in [9.17, 15) is 4.79 Å². The highest BCUT2D eigenvalue weighted by atomic mass is 16.5. The standard InChI is InChI=1S/C12H23NO2/c1-4-15-9-5-7-13-8-6-12(14)10(2)11(13)3/h10-11H,4-9H2,1-3H3. The van der Waals surface area contributed by atoms with Crippen molar-refractivity contribution < 1.29 is 9.53 Å². The molecule has 1 saturated heterocycles. The van der Waals surface area contributed by atoms with Crippen LogP contribution in [0.25, 0.3) is 0 Å². The monoisotopic (exact) mass is 213 g/mol. The highest BCUT2D eigenvalue weighted by molar-refractivity contribution is 5.82. The third-order valence-corrected chi connectivity index (χ3v) is 3.39. The van der Waals surface area contributed by atoms with Gasteiger partial charge in [-0.1, -0.05) is 6.92 Å². The molecule has 0 aromatic carbocycles. The van der Waals surface area contributed by atoms with Crippen LogP contribution in [0.3, 0.4) is 0 Å². The minimum atomic E-state index is 0.200. The largest absolute Gasteiger partial charge is 0.382 e. The van der Waals surface area contributed by atoms with Gasteiger partial charge in [-0.3, -0.25) is 9.69 Å². The summed E-state index contributed by atoms with van der Waals surface area (Å²) in [5.74, 6) is 0.620. The molecule has 15 heavy (non-hydrogen) atoms. The fraction of sp³-hybridized carbons (Fsp3) is 0.917. The first-order valence-electron chi connectivity index (χ1n) is 6.01. The second-order valence-electron chi connectivity index (χ2n) is 4.33. The molecule has 1 heterocycles. The minimum absolute atomic E-state index is 0.200. The Labute approximate surface area is 92.8 Å². The topological polar surface area (TPSA) is 29.5 Å². The summed E-state index contributed by atoms with van der Waals surface area (Å²) in [5, 5.41) is 0. The number of likely N-dealkylation sites (tertiary alicyclic amines) is 1. The minimum Gasteiger partial charge on any atom is -0.382 e. The lowest BCUT2D eigenvalue weighted by atomic mass is 9.90.